The highest BCUT2D eigenvalue weighted by Gasteiger charge is 2.34. The number of aromatic nitrogens is 1. The van der Waals surface area contributed by atoms with Gasteiger partial charge in [-0.2, -0.15) is 4.31 Å². The fourth-order valence-electron chi connectivity index (χ4n) is 3.30. The first-order chi connectivity index (χ1) is 13.0. The SMILES string of the molecule is O=C(O)c1ccc(S(=O)(=O)N2Cc3ccccc3C(c3cccs3)C2)cn1. The van der Waals surface area contributed by atoms with Gasteiger partial charge in [-0.15, -0.1) is 11.3 Å². The Hall–Kier alpha value is -2.55. The number of carboxylic acid groups (broad SMARTS) is 1. The van der Waals surface area contributed by atoms with Crippen LogP contribution in [0.5, 0.6) is 0 Å². The highest BCUT2D eigenvalue weighted by atomic mass is 32.2. The monoisotopic (exact) mass is 400 g/mol. The average Bonchev–Trinajstić information content (AvgIpc) is 3.21. The summed E-state index contributed by atoms with van der Waals surface area (Å²) in [4.78, 5) is 15.8. The minimum Gasteiger partial charge on any atom is -0.477 e. The fraction of sp³-hybridized carbons (Fsp3) is 0.158. The minimum atomic E-state index is -3.79. The van der Waals surface area contributed by atoms with Crippen LogP contribution in [-0.2, 0) is 16.6 Å². The number of hydrogen-bond acceptors (Lipinski definition) is 5. The third-order valence-electron chi connectivity index (χ3n) is 4.64. The summed E-state index contributed by atoms with van der Waals surface area (Å²) in [5.41, 5.74) is 1.93. The van der Waals surface area contributed by atoms with Gasteiger partial charge in [0.05, 0.1) is 0 Å². The topological polar surface area (TPSA) is 87.6 Å². The Bertz CT molecular complexity index is 1080. The zero-order valence-corrected chi connectivity index (χ0v) is 15.8. The standard InChI is InChI=1S/C19H16N2O4S2/c22-19(23)17-8-7-14(10-20-17)27(24,25)21-11-13-4-1-2-5-15(13)16(12-21)18-6-3-9-26-18/h1-10,16H,11-12H2,(H,22,23). The lowest BCUT2D eigenvalue weighted by Crippen LogP contribution is -2.38. The predicted octanol–water partition coefficient (Wildman–Crippen LogP) is 3.18. The summed E-state index contributed by atoms with van der Waals surface area (Å²) in [5, 5.41) is 10.9. The molecular formula is C19H16N2O4S2. The van der Waals surface area contributed by atoms with Crippen molar-refractivity contribution in [3.05, 3.63) is 81.8 Å². The Kier molecular flexibility index (Phi) is 4.55. The van der Waals surface area contributed by atoms with E-state index in [9.17, 15) is 13.2 Å². The van der Waals surface area contributed by atoms with Crippen molar-refractivity contribution in [2.45, 2.75) is 17.4 Å². The quantitative estimate of drug-likeness (QED) is 0.727. The maximum absolute atomic E-state index is 13.1. The number of fused-ring (bicyclic) bond motifs is 1. The Morgan fingerprint density at radius 3 is 2.63 bits per heavy atom. The van der Waals surface area contributed by atoms with Crippen molar-refractivity contribution in [1.82, 2.24) is 9.29 Å². The molecule has 1 aliphatic heterocycles. The van der Waals surface area contributed by atoms with E-state index < -0.39 is 16.0 Å². The number of thiophene rings is 1. The molecule has 27 heavy (non-hydrogen) atoms. The van der Waals surface area contributed by atoms with Crippen molar-refractivity contribution in [2.75, 3.05) is 6.54 Å². The van der Waals surface area contributed by atoms with Gasteiger partial charge in [0.2, 0.25) is 10.0 Å². The van der Waals surface area contributed by atoms with E-state index in [0.717, 1.165) is 22.2 Å². The molecule has 138 valence electrons. The molecule has 1 aromatic carbocycles. The molecule has 0 amide bonds. The van der Waals surface area contributed by atoms with Crippen LogP contribution < -0.4 is 0 Å². The van der Waals surface area contributed by atoms with Gasteiger partial charge in [0, 0.05) is 30.1 Å². The number of benzene rings is 1. The van der Waals surface area contributed by atoms with Crippen molar-refractivity contribution >= 4 is 27.3 Å². The zero-order valence-electron chi connectivity index (χ0n) is 14.1. The van der Waals surface area contributed by atoms with E-state index in [0.29, 0.717) is 6.54 Å². The van der Waals surface area contributed by atoms with Gasteiger partial charge in [0.15, 0.2) is 0 Å². The Morgan fingerprint density at radius 2 is 1.96 bits per heavy atom. The molecule has 8 heteroatoms. The second-order valence-corrected chi connectivity index (χ2v) is 9.17. The normalized spacial score (nSPS) is 17.4. The molecule has 0 bridgehead atoms. The third-order valence-corrected chi connectivity index (χ3v) is 7.42. The molecule has 0 aliphatic carbocycles. The molecule has 3 heterocycles. The molecule has 0 radical (unpaired) electrons. The first-order valence-corrected chi connectivity index (χ1v) is 10.6. The molecule has 1 atom stereocenters. The summed E-state index contributed by atoms with van der Waals surface area (Å²) in [6.07, 6.45) is 1.11. The third kappa shape index (κ3) is 3.27. The van der Waals surface area contributed by atoms with Crippen LogP contribution in [0.3, 0.4) is 0 Å². The first-order valence-electron chi connectivity index (χ1n) is 8.27. The maximum atomic E-state index is 13.1. The number of pyridine rings is 1. The van der Waals surface area contributed by atoms with Crippen LogP contribution in [-0.4, -0.2) is 35.3 Å². The van der Waals surface area contributed by atoms with Crippen molar-refractivity contribution in [3.63, 3.8) is 0 Å². The number of rotatable bonds is 4. The highest BCUT2D eigenvalue weighted by Crippen LogP contribution is 2.37. The predicted molar refractivity (Wildman–Crippen MR) is 101 cm³/mol. The lowest BCUT2D eigenvalue weighted by Gasteiger charge is -2.33. The minimum absolute atomic E-state index is 0.00295. The van der Waals surface area contributed by atoms with E-state index in [-0.39, 0.29) is 23.1 Å². The van der Waals surface area contributed by atoms with Crippen LogP contribution in [0.25, 0.3) is 0 Å². The van der Waals surface area contributed by atoms with Crippen molar-refractivity contribution in [2.24, 2.45) is 0 Å². The lowest BCUT2D eigenvalue weighted by atomic mass is 9.90. The lowest BCUT2D eigenvalue weighted by molar-refractivity contribution is 0.0690. The summed E-state index contributed by atoms with van der Waals surface area (Å²) in [5.74, 6) is -1.22. The van der Waals surface area contributed by atoms with E-state index in [1.54, 1.807) is 11.3 Å². The number of nitrogens with zero attached hydrogens (tertiary/aromatic N) is 2. The molecule has 0 saturated carbocycles. The van der Waals surface area contributed by atoms with Gasteiger partial charge in [-0.1, -0.05) is 30.3 Å². The van der Waals surface area contributed by atoms with Gasteiger partial charge in [-0.05, 0) is 34.7 Å². The van der Waals surface area contributed by atoms with Crippen LogP contribution in [0.2, 0.25) is 0 Å². The molecule has 6 nitrogen and oxygen atoms in total. The van der Waals surface area contributed by atoms with Crippen molar-refractivity contribution in [1.29, 1.82) is 0 Å². The highest BCUT2D eigenvalue weighted by molar-refractivity contribution is 7.89. The molecule has 1 N–H and O–H groups in total. The summed E-state index contributed by atoms with van der Waals surface area (Å²) in [6, 6.07) is 14.4. The summed E-state index contributed by atoms with van der Waals surface area (Å²) in [7, 11) is -3.79. The van der Waals surface area contributed by atoms with Gasteiger partial charge < -0.3 is 5.11 Å². The smallest absolute Gasteiger partial charge is 0.354 e. The van der Waals surface area contributed by atoms with E-state index in [2.05, 4.69) is 4.98 Å². The van der Waals surface area contributed by atoms with Crippen LogP contribution in [0.4, 0.5) is 0 Å². The molecule has 3 aromatic rings. The molecule has 0 spiro atoms. The molecule has 4 rings (SSSR count). The van der Waals surface area contributed by atoms with Crippen LogP contribution >= 0.6 is 11.3 Å². The van der Waals surface area contributed by atoms with Gasteiger partial charge >= 0.3 is 5.97 Å². The summed E-state index contributed by atoms with van der Waals surface area (Å²) < 4.78 is 27.7. The molecule has 2 aromatic heterocycles. The molecular weight excluding hydrogens is 384 g/mol. The van der Waals surface area contributed by atoms with Gasteiger partial charge in [0.25, 0.3) is 0 Å². The van der Waals surface area contributed by atoms with E-state index >= 15 is 0 Å². The average molecular weight is 400 g/mol. The number of carboxylic acids is 1. The molecule has 0 saturated heterocycles. The van der Waals surface area contributed by atoms with Gasteiger partial charge in [0.1, 0.15) is 10.6 Å². The van der Waals surface area contributed by atoms with Crippen molar-refractivity contribution < 1.29 is 18.3 Å². The van der Waals surface area contributed by atoms with E-state index in [1.807, 2.05) is 41.8 Å². The Morgan fingerprint density at radius 1 is 1.15 bits per heavy atom. The zero-order chi connectivity index (χ0) is 19.0. The van der Waals surface area contributed by atoms with Crippen LogP contribution in [0.1, 0.15) is 32.4 Å². The van der Waals surface area contributed by atoms with Crippen LogP contribution in [0, 0.1) is 0 Å². The number of sulfonamides is 1. The van der Waals surface area contributed by atoms with Crippen molar-refractivity contribution in [3.8, 4) is 0 Å². The maximum Gasteiger partial charge on any atom is 0.354 e. The fourth-order valence-corrected chi connectivity index (χ4v) is 5.51. The summed E-state index contributed by atoms with van der Waals surface area (Å²) in [6.45, 7) is 0.613. The van der Waals surface area contributed by atoms with Gasteiger partial charge in [-0.3, -0.25) is 0 Å². The number of carbonyl (C=O) groups is 1. The second-order valence-electron chi connectivity index (χ2n) is 6.25. The Balaban J connectivity index is 1.72. The Labute approximate surface area is 160 Å². The van der Waals surface area contributed by atoms with Gasteiger partial charge in [-0.25, -0.2) is 18.2 Å². The summed E-state index contributed by atoms with van der Waals surface area (Å²) >= 11 is 1.61. The molecule has 1 unspecified atom stereocenters. The first kappa shape index (κ1) is 17.8. The largest absolute Gasteiger partial charge is 0.477 e. The number of hydrogen-bond donors (Lipinski definition) is 1. The van der Waals surface area contributed by atoms with E-state index in [4.69, 9.17) is 5.11 Å². The van der Waals surface area contributed by atoms with Crippen LogP contribution in [0.15, 0.2) is 65.0 Å². The van der Waals surface area contributed by atoms with E-state index in [1.165, 1.54) is 16.4 Å². The molecule has 0 fully saturated rings. The molecule has 1 aliphatic rings. The second kappa shape index (κ2) is 6.88. The number of aromatic carboxylic acids is 1.